The van der Waals surface area contributed by atoms with Crippen molar-refractivity contribution in [3.63, 3.8) is 0 Å². The Morgan fingerprint density at radius 2 is 1.95 bits per heavy atom. The van der Waals surface area contributed by atoms with E-state index in [1.807, 2.05) is 36.4 Å². The van der Waals surface area contributed by atoms with Gasteiger partial charge in [-0.05, 0) is 18.1 Å². The van der Waals surface area contributed by atoms with Gasteiger partial charge in [-0.3, -0.25) is 14.4 Å². The maximum absolute atomic E-state index is 12.4. The Labute approximate surface area is 236 Å². The van der Waals surface area contributed by atoms with E-state index in [-0.39, 0.29) is 5.82 Å². The Bertz CT molecular complexity index is 1400. The van der Waals surface area contributed by atoms with Crippen molar-refractivity contribution in [2.24, 2.45) is 0 Å². The van der Waals surface area contributed by atoms with Gasteiger partial charge in [-0.15, -0.1) is 0 Å². The molecule has 2 fully saturated rings. The van der Waals surface area contributed by atoms with Crippen LogP contribution >= 0.6 is 7.82 Å². The number of rotatable bonds is 12. The van der Waals surface area contributed by atoms with Crippen LogP contribution in [0.25, 0.3) is 17.2 Å². The first-order valence-electron chi connectivity index (χ1n) is 13.4. The Kier molecular flexibility index (Phi) is 9.40. The summed E-state index contributed by atoms with van der Waals surface area (Å²) in [5, 5.41) is 5.53. The van der Waals surface area contributed by atoms with Gasteiger partial charge in [-0.2, -0.15) is 0 Å². The van der Waals surface area contributed by atoms with Crippen LogP contribution in [-0.2, 0) is 23.3 Å². The molecule has 220 valence electrons. The molecule has 6 atom stereocenters. The van der Waals surface area contributed by atoms with Crippen LogP contribution in [0.2, 0.25) is 0 Å². The number of amides is 2. The second kappa shape index (κ2) is 13.2. The minimum Gasteiger partial charge on any atom is -0.756 e. The Balaban J connectivity index is 1.33. The Morgan fingerprint density at radius 1 is 1.15 bits per heavy atom. The van der Waals surface area contributed by atoms with Crippen molar-refractivity contribution in [2.45, 2.75) is 63.4 Å². The number of fused-ring (bicyclic) bond motifs is 2. The van der Waals surface area contributed by atoms with Crippen molar-refractivity contribution in [3.05, 3.63) is 54.6 Å². The molecule has 0 radical (unpaired) electrons. The summed E-state index contributed by atoms with van der Waals surface area (Å²) in [6.07, 6.45) is 6.56. The summed E-state index contributed by atoms with van der Waals surface area (Å²) in [4.78, 5) is 45.7. The molecule has 1 aromatic carbocycles. The van der Waals surface area contributed by atoms with Crippen molar-refractivity contribution in [1.29, 1.82) is 0 Å². The molecule has 3 N–H and O–H groups in total. The second-order valence-corrected chi connectivity index (χ2v) is 10.9. The molecular formula is C26H32N6O8P-. The number of phosphoric acid groups is 1. The number of anilines is 1. The number of unbranched alkanes of at least 4 members (excludes halogenated alkanes) is 3. The summed E-state index contributed by atoms with van der Waals surface area (Å²) in [6.45, 7) is 2.18. The molecule has 0 saturated carbocycles. The molecule has 2 aromatic heterocycles. The third-order valence-electron chi connectivity index (χ3n) is 6.70. The van der Waals surface area contributed by atoms with E-state index in [0.29, 0.717) is 17.7 Å². The summed E-state index contributed by atoms with van der Waals surface area (Å²) in [7, 11) is -5.00. The first kappa shape index (κ1) is 29.3. The van der Waals surface area contributed by atoms with Crippen LogP contribution in [0.1, 0.15) is 44.4 Å². The Hall–Kier alpha value is -3.23. The van der Waals surface area contributed by atoms with Crippen LogP contribution in [0, 0.1) is 0 Å². The zero-order valence-corrected chi connectivity index (χ0v) is 23.3. The molecule has 15 heteroatoms. The van der Waals surface area contributed by atoms with Gasteiger partial charge >= 0.3 is 6.03 Å². The van der Waals surface area contributed by atoms with Crippen LogP contribution in [0.15, 0.2) is 49.1 Å². The van der Waals surface area contributed by atoms with Gasteiger partial charge in [0.15, 0.2) is 29.5 Å². The van der Waals surface area contributed by atoms with Gasteiger partial charge in [-0.1, -0.05) is 62.6 Å². The number of carbonyl (C=O) groups is 1. The minimum atomic E-state index is -5.00. The van der Waals surface area contributed by atoms with Crippen molar-refractivity contribution in [3.8, 4) is 0 Å². The molecule has 2 aliphatic rings. The van der Waals surface area contributed by atoms with Crippen molar-refractivity contribution in [1.82, 2.24) is 24.8 Å². The van der Waals surface area contributed by atoms with Crippen LogP contribution in [0.5, 0.6) is 0 Å². The smallest absolute Gasteiger partial charge is 0.320 e. The molecule has 0 aliphatic carbocycles. The maximum atomic E-state index is 12.4. The fourth-order valence-electron chi connectivity index (χ4n) is 4.76. The number of ether oxygens (including phenoxy) is 3. The van der Waals surface area contributed by atoms with Crippen LogP contribution < -0.4 is 15.5 Å². The van der Waals surface area contributed by atoms with E-state index in [2.05, 4.69) is 37.0 Å². The zero-order valence-electron chi connectivity index (χ0n) is 22.4. The van der Waals surface area contributed by atoms with E-state index in [0.717, 1.165) is 31.2 Å². The van der Waals surface area contributed by atoms with Gasteiger partial charge in [0.25, 0.3) is 7.82 Å². The van der Waals surface area contributed by atoms with Gasteiger partial charge in [0.05, 0.1) is 12.9 Å². The molecule has 14 nitrogen and oxygen atoms in total. The number of hydrogen-bond donors (Lipinski definition) is 3. The molecule has 4 heterocycles. The van der Waals surface area contributed by atoms with Crippen LogP contribution in [0.4, 0.5) is 10.6 Å². The predicted molar refractivity (Wildman–Crippen MR) is 145 cm³/mol. The zero-order chi connectivity index (χ0) is 28.8. The number of benzene rings is 1. The lowest BCUT2D eigenvalue weighted by Crippen LogP contribution is -2.32. The molecule has 2 aliphatic heterocycles. The average Bonchev–Trinajstić information content (AvgIpc) is 3.65. The summed E-state index contributed by atoms with van der Waals surface area (Å²) < 4.78 is 35.8. The van der Waals surface area contributed by atoms with E-state index >= 15 is 0 Å². The monoisotopic (exact) mass is 587 g/mol. The molecule has 3 unspecified atom stereocenters. The lowest BCUT2D eigenvalue weighted by atomic mass is 10.1. The van der Waals surface area contributed by atoms with Crippen molar-refractivity contribution >= 4 is 36.9 Å². The number of hydrogen-bond acceptors (Lipinski definition) is 10. The van der Waals surface area contributed by atoms with E-state index in [4.69, 9.17) is 19.1 Å². The second-order valence-electron chi connectivity index (χ2n) is 9.66. The molecule has 41 heavy (non-hydrogen) atoms. The number of nitrogens with zero attached hydrogens (tertiary/aromatic N) is 4. The largest absolute Gasteiger partial charge is 0.756 e. The van der Waals surface area contributed by atoms with Gasteiger partial charge in [0, 0.05) is 6.54 Å². The van der Waals surface area contributed by atoms with Crippen LogP contribution in [0.3, 0.4) is 0 Å². The highest BCUT2D eigenvalue weighted by Gasteiger charge is 2.53. The standard InChI is InChI=1S/C26H33N6O8P/c1-2-3-4-8-13-27-26(33)31-23-20-24(29-15-28-23)32(16-30-20)25-22-21(18(38-25)14-37-41(34,35)36)39-19(40-22)12-11-17-9-6-5-7-10-17/h5-7,9-12,15-16,18-19,21-22,25H,2-4,8,13-14H2,1H3,(H2,34,35,36)(H2,27,28,29,31,33)/p-1/b12-11+/t18-,19?,21+,22?,25-/m1/s1. The topological polar surface area (TPSA) is 182 Å². The van der Waals surface area contributed by atoms with Crippen molar-refractivity contribution in [2.75, 3.05) is 18.5 Å². The number of aromatic nitrogens is 4. The molecule has 2 saturated heterocycles. The first-order valence-corrected chi connectivity index (χ1v) is 14.9. The summed E-state index contributed by atoms with van der Waals surface area (Å²) in [6, 6.07) is 9.18. The predicted octanol–water partition coefficient (Wildman–Crippen LogP) is 2.73. The summed E-state index contributed by atoms with van der Waals surface area (Å²) >= 11 is 0. The SMILES string of the molecule is CCCCCCNC(=O)Nc1ncnc2c1ncn2[C@@H]1O[C@H](COP(=O)([O-])O)[C@@H]2OC(/C=C/c3ccccc3)OC21. The highest BCUT2D eigenvalue weighted by molar-refractivity contribution is 7.44. The molecule has 5 rings (SSSR count). The molecule has 3 aromatic rings. The molecule has 0 bridgehead atoms. The highest BCUT2D eigenvalue weighted by atomic mass is 31.2. The van der Waals surface area contributed by atoms with Gasteiger partial charge < -0.3 is 33.8 Å². The number of urea groups is 1. The fourth-order valence-corrected chi connectivity index (χ4v) is 5.10. The van der Waals surface area contributed by atoms with Gasteiger partial charge in [0.2, 0.25) is 0 Å². The van der Waals surface area contributed by atoms with E-state index in [1.54, 1.807) is 10.6 Å². The van der Waals surface area contributed by atoms with Crippen LogP contribution in [-0.4, -0.2) is 68.2 Å². The quantitative estimate of drug-likeness (QED) is 0.209. The number of nitrogens with one attached hydrogen (secondary N) is 2. The third-order valence-corrected chi connectivity index (χ3v) is 7.17. The minimum absolute atomic E-state index is 0.217. The van der Waals surface area contributed by atoms with E-state index in [1.165, 1.54) is 12.7 Å². The summed E-state index contributed by atoms with van der Waals surface area (Å²) in [5.41, 5.74) is 1.62. The number of imidazole rings is 1. The van der Waals surface area contributed by atoms with E-state index in [9.17, 15) is 14.3 Å². The lowest BCUT2D eigenvalue weighted by Gasteiger charge is -2.22. The lowest BCUT2D eigenvalue weighted by molar-refractivity contribution is -0.223. The molecule has 2 amide bonds. The third kappa shape index (κ3) is 7.35. The molecular weight excluding hydrogens is 555 g/mol. The maximum Gasteiger partial charge on any atom is 0.320 e. The van der Waals surface area contributed by atoms with Gasteiger partial charge in [0.1, 0.15) is 24.6 Å². The number of phosphoric ester groups is 1. The number of carbonyl (C=O) groups excluding carboxylic acids is 1. The molecule has 0 spiro atoms. The summed E-state index contributed by atoms with van der Waals surface area (Å²) in [5.74, 6) is 0.217. The average molecular weight is 588 g/mol. The van der Waals surface area contributed by atoms with Crippen molar-refractivity contribution < 1.29 is 37.9 Å². The first-order chi connectivity index (χ1) is 19.8. The van der Waals surface area contributed by atoms with E-state index < -0.39 is 51.3 Å². The Morgan fingerprint density at radius 3 is 2.73 bits per heavy atom. The van der Waals surface area contributed by atoms with Gasteiger partial charge in [-0.25, -0.2) is 19.7 Å². The fraction of sp³-hybridized carbons (Fsp3) is 0.462. The highest BCUT2D eigenvalue weighted by Crippen LogP contribution is 2.42. The normalized spacial score (nSPS) is 25.4.